The van der Waals surface area contributed by atoms with Crippen molar-refractivity contribution in [2.24, 2.45) is 0 Å². The lowest BCUT2D eigenvalue weighted by Crippen LogP contribution is -2.23. The first kappa shape index (κ1) is 15.2. The molecule has 0 bridgehead atoms. The largest absolute Gasteiger partial charge is 0.481 e. The number of hydrogen-bond acceptors (Lipinski definition) is 5. The van der Waals surface area contributed by atoms with E-state index in [4.69, 9.17) is 5.11 Å². The predicted molar refractivity (Wildman–Crippen MR) is 79.4 cm³/mol. The van der Waals surface area contributed by atoms with Crippen molar-refractivity contribution in [1.82, 2.24) is 14.8 Å². The van der Waals surface area contributed by atoms with Gasteiger partial charge in [0, 0.05) is 19.6 Å². The Kier molecular flexibility index (Phi) is 5.28. The first-order chi connectivity index (χ1) is 9.63. The van der Waals surface area contributed by atoms with Gasteiger partial charge in [0.1, 0.15) is 0 Å². The summed E-state index contributed by atoms with van der Waals surface area (Å²) in [4.78, 5) is 12.9. The Labute approximate surface area is 123 Å². The van der Waals surface area contributed by atoms with E-state index >= 15 is 0 Å². The molecule has 1 aromatic heterocycles. The molecule has 7 heteroatoms. The minimum atomic E-state index is -0.820. The zero-order valence-corrected chi connectivity index (χ0v) is 12.9. The van der Waals surface area contributed by atoms with Crippen LogP contribution in [0.15, 0.2) is 5.16 Å². The van der Waals surface area contributed by atoms with Crippen LogP contribution in [0.3, 0.4) is 0 Å². The summed E-state index contributed by atoms with van der Waals surface area (Å²) in [6.07, 6.45) is 5.76. The number of nitrogens with zero attached hydrogens (tertiary/aromatic N) is 4. The van der Waals surface area contributed by atoms with Crippen LogP contribution in [-0.2, 0) is 4.79 Å². The van der Waals surface area contributed by atoms with Gasteiger partial charge in [0.25, 0.3) is 0 Å². The molecule has 1 heterocycles. The van der Waals surface area contributed by atoms with Crippen LogP contribution in [-0.4, -0.2) is 45.2 Å². The summed E-state index contributed by atoms with van der Waals surface area (Å²) in [5.41, 5.74) is 0. The minimum absolute atomic E-state index is 0.0301. The summed E-state index contributed by atoms with van der Waals surface area (Å²) in [5, 5.41) is 18.1. The number of anilines is 1. The van der Waals surface area contributed by atoms with Crippen LogP contribution < -0.4 is 4.90 Å². The second-order valence-electron chi connectivity index (χ2n) is 5.19. The number of thioether (sulfide) groups is 1. The van der Waals surface area contributed by atoms with Crippen LogP contribution >= 0.6 is 11.8 Å². The average Bonchev–Trinajstić information content (AvgIpc) is 3.05. The summed E-state index contributed by atoms with van der Waals surface area (Å²) < 4.78 is 2.15. The first-order valence-corrected chi connectivity index (χ1v) is 8.12. The van der Waals surface area contributed by atoms with Gasteiger partial charge >= 0.3 is 5.97 Å². The van der Waals surface area contributed by atoms with Gasteiger partial charge in [-0.1, -0.05) is 31.5 Å². The number of aromatic nitrogens is 3. The number of carbonyl (C=O) groups is 1. The number of hydrogen-bond donors (Lipinski definition) is 1. The lowest BCUT2D eigenvalue weighted by atomic mass is 10.2. The second kappa shape index (κ2) is 6.97. The van der Waals surface area contributed by atoms with Crippen molar-refractivity contribution in [3.8, 4) is 0 Å². The molecule has 1 aliphatic rings. The average molecular weight is 298 g/mol. The van der Waals surface area contributed by atoms with Crippen molar-refractivity contribution in [3.63, 3.8) is 0 Å². The van der Waals surface area contributed by atoms with Crippen molar-refractivity contribution in [1.29, 1.82) is 0 Å². The van der Waals surface area contributed by atoms with Gasteiger partial charge in [-0.25, -0.2) is 0 Å². The highest BCUT2D eigenvalue weighted by Crippen LogP contribution is 2.35. The summed E-state index contributed by atoms with van der Waals surface area (Å²) in [6.45, 7) is 3.06. The van der Waals surface area contributed by atoms with E-state index in [0.29, 0.717) is 6.04 Å². The molecule has 6 nitrogen and oxygen atoms in total. The monoisotopic (exact) mass is 298 g/mol. The molecule has 1 fully saturated rings. The third-order valence-electron chi connectivity index (χ3n) is 3.56. The number of carboxylic acid groups (broad SMARTS) is 1. The molecule has 0 amide bonds. The minimum Gasteiger partial charge on any atom is -0.481 e. The van der Waals surface area contributed by atoms with Gasteiger partial charge < -0.3 is 10.0 Å². The Morgan fingerprint density at radius 3 is 2.75 bits per heavy atom. The van der Waals surface area contributed by atoms with Gasteiger partial charge in [-0.2, -0.15) is 0 Å². The highest BCUT2D eigenvalue weighted by Gasteiger charge is 2.25. The standard InChI is InChI=1S/C13H22N4O2S/c1-3-8-16(2)12-14-15-13(20-9-11(18)19)17(12)10-6-4-5-7-10/h10H,3-9H2,1-2H3,(H,18,19). The molecule has 0 aliphatic heterocycles. The van der Waals surface area contributed by atoms with Gasteiger partial charge in [0.15, 0.2) is 5.16 Å². The molecule has 1 aliphatic carbocycles. The lowest BCUT2D eigenvalue weighted by Gasteiger charge is -2.22. The van der Waals surface area contributed by atoms with Crippen molar-refractivity contribution < 1.29 is 9.90 Å². The van der Waals surface area contributed by atoms with Crippen LogP contribution in [0.1, 0.15) is 45.1 Å². The van der Waals surface area contributed by atoms with Gasteiger partial charge in [0.2, 0.25) is 5.95 Å². The summed E-state index contributed by atoms with van der Waals surface area (Å²) >= 11 is 1.26. The molecule has 0 spiro atoms. The van der Waals surface area contributed by atoms with Crippen molar-refractivity contribution in [2.75, 3.05) is 24.2 Å². The zero-order valence-electron chi connectivity index (χ0n) is 12.1. The van der Waals surface area contributed by atoms with Crippen LogP contribution in [0.2, 0.25) is 0 Å². The Hall–Kier alpha value is -1.24. The first-order valence-electron chi connectivity index (χ1n) is 7.14. The molecule has 1 aromatic rings. The molecule has 1 N–H and O–H groups in total. The Bertz CT molecular complexity index is 457. The lowest BCUT2D eigenvalue weighted by molar-refractivity contribution is -0.133. The fraction of sp³-hybridized carbons (Fsp3) is 0.769. The summed E-state index contributed by atoms with van der Waals surface area (Å²) in [7, 11) is 2.02. The van der Waals surface area contributed by atoms with Crippen LogP contribution in [0.25, 0.3) is 0 Å². The van der Waals surface area contributed by atoms with Crippen LogP contribution in [0.5, 0.6) is 0 Å². The van der Waals surface area contributed by atoms with Crippen molar-refractivity contribution in [3.05, 3.63) is 0 Å². The molecule has 0 radical (unpaired) electrons. The van der Waals surface area contributed by atoms with Gasteiger partial charge in [-0.3, -0.25) is 9.36 Å². The molecule has 2 rings (SSSR count). The van der Waals surface area contributed by atoms with Crippen LogP contribution in [0, 0.1) is 0 Å². The zero-order chi connectivity index (χ0) is 14.5. The van der Waals surface area contributed by atoms with E-state index in [-0.39, 0.29) is 5.75 Å². The summed E-state index contributed by atoms with van der Waals surface area (Å²) in [6, 6.07) is 0.413. The Morgan fingerprint density at radius 1 is 1.45 bits per heavy atom. The molecule has 0 aromatic carbocycles. The SMILES string of the molecule is CCCN(C)c1nnc(SCC(=O)O)n1C1CCCC1. The van der Waals surface area contributed by atoms with Gasteiger partial charge in [-0.05, 0) is 19.3 Å². The highest BCUT2D eigenvalue weighted by molar-refractivity contribution is 7.99. The molecular weight excluding hydrogens is 276 g/mol. The number of aliphatic carboxylic acids is 1. The Morgan fingerprint density at radius 2 is 2.15 bits per heavy atom. The smallest absolute Gasteiger partial charge is 0.313 e. The highest BCUT2D eigenvalue weighted by atomic mass is 32.2. The predicted octanol–water partition coefficient (Wildman–Crippen LogP) is 2.42. The van der Waals surface area contributed by atoms with E-state index in [1.54, 1.807) is 0 Å². The maximum Gasteiger partial charge on any atom is 0.313 e. The molecule has 0 saturated heterocycles. The summed E-state index contributed by atoms with van der Waals surface area (Å²) in [5.74, 6) is 0.0774. The van der Waals surface area contributed by atoms with Crippen molar-refractivity contribution in [2.45, 2.75) is 50.2 Å². The molecule has 112 valence electrons. The fourth-order valence-corrected chi connectivity index (χ4v) is 3.39. The van der Waals surface area contributed by atoms with E-state index in [1.165, 1.54) is 24.6 Å². The topological polar surface area (TPSA) is 71.2 Å². The van der Waals surface area contributed by atoms with Gasteiger partial charge in [-0.15, -0.1) is 10.2 Å². The van der Waals surface area contributed by atoms with E-state index in [1.807, 2.05) is 7.05 Å². The maximum atomic E-state index is 10.8. The van der Waals surface area contributed by atoms with E-state index in [9.17, 15) is 4.79 Å². The second-order valence-corrected chi connectivity index (χ2v) is 6.14. The normalized spacial score (nSPS) is 15.7. The molecule has 20 heavy (non-hydrogen) atoms. The molecule has 0 atom stereocenters. The van der Waals surface area contributed by atoms with E-state index in [2.05, 4.69) is 26.6 Å². The third-order valence-corrected chi connectivity index (χ3v) is 4.49. The molecule has 1 saturated carbocycles. The maximum absolute atomic E-state index is 10.8. The van der Waals surface area contributed by atoms with Gasteiger partial charge in [0.05, 0.1) is 5.75 Å². The molecular formula is C13H22N4O2S. The molecule has 0 unspecified atom stereocenters. The third kappa shape index (κ3) is 3.45. The number of carboxylic acids is 1. The fourth-order valence-electron chi connectivity index (χ4n) is 2.67. The number of rotatable bonds is 7. The van der Waals surface area contributed by atoms with E-state index < -0.39 is 5.97 Å². The Balaban J connectivity index is 2.24. The van der Waals surface area contributed by atoms with Crippen molar-refractivity contribution >= 4 is 23.7 Å². The van der Waals surface area contributed by atoms with E-state index in [0.717, 1.165) is 36.9 Å². The quantitative estimate of drug-likeness (QED) is 0.779. The van der Waals surface area contributed by atoms with Crippen LogP contribution in [0.4, 0.5) is 5.95 Å².